The van der Waals surface area contributed by atoms with Gasteiger partial charge in [-0.2, -0.15) is 0 Å². The smallest absolute Gasteiger partial charge is 0.108 e. The number of hydrogen-bond donors (Lipinski definition) is 1. The highest BCUT2D eigenvalue weighted by Gasteiger charge is 2.50. The van der Waals surface area contributed by atoms with Gasteiger partial charge in [-0.1, -0.05) is 6.92 Å². The molecule has 42 valence electrons. The zero-order valence-electron chi connectivity index (χ0n) is 4.32. The Balaban J connectivity index is 2.36. The Bertz CT molecular complexity index is 80.1. The largest absolute Gasteiger partial charge is 0.396 e. The van der Waals surface area contributed by atoms with Gasteiger partial charge in [-0.15, -0.1) is 0 Å². The molecule has 2 heteroatoms. The fourth-order valence-corrected chi connectivity index (χ4v) is 0.514. The van der Waals surface area contributed by atoms with E-state index in [1.54, 1.807) is 6.92 Å². The molecule has 1 aliphatic rings. The Morgan fingerprint density at radius 3 is 2.43 bits per heavy atom. The van der Waals surface area contributed by atoms with Crippen LogP contribution in [-0.2, 0) is 0 Å². The fourth-order valence-electron chi connectivity index (χ4n) is 0.514. The Morgan fingerprint density at radius 2 is 2.43 bits per heavy atom. The highest BCUT2D eigenvalue weighted by molar-refractivity contribution is 4.98. The Morgan fingerprint density at radius 1 is 2.00 bits per heavy atom. The molecule has 2 atom stereocenters. The first-order chi connectivity index (χ1) is 3.19. The Hall–Kier alpha value is -0.110. The Labute approximate surface area is 42.2 Å². The summed E-state index contributed by atoms with van der Waals surface area (Å²) in [6.07, 6.45) is -0.193. The first-order valence-electron chi connectivity index (χ1n) is 2.44. The molecule has 0 amide bonds. The summed E-state index contributed by atoms with van der Waals surface area (Å²) in [5, 5.41) is 8.40. The van der Waals surface area contributed by atoms with Crippen molar-refractivity contribution in [3.05, 3.63) is 0 Å². The molecular formula is C5H9FO. The lowest BCUT2D eigenvalue weighted by Crippen LogP contribution is -2.03. The third kappa shape index (κ3) is 0.630. The van der Waals surface area contributed by atoms with E-state index < -0.39 is 6.17 Å². The van der Waals surface area contributed by atoms with Crippen LogP contribution in [0.2, 0.25) is 0 Å². The molecule has 0 radical (unpaired) electrons. The molecule has 0 saturated heterocycles. The topological polar surface area (TPSA) is 20.2 Å². The maximum Gasteiger partial charge on any atom is 0.108 e. The van der Waals surface area contributed by atoms with Crippen LogP contribution in [0, 0.1) is 5.41 Å². The minimum atomic E-state index is -0.738. The van der Waals surface area contributed by atoms with Crippen LogP contribution in [-0.4, -0.2) is 17.9 Å². The van der Waals surface area contributed by atoms with E-state index in [4.69, 9.17) is 5.11 Å². The average Bonchev–Trinajstić information content (AvgIpc) is 2.18. The maximum absolute atomic E-state index is 12.0. The first kappa shape index (κ1) is 5.04. The molecule has 7 heavy (non-hydrogen) atoms. The van der Waals surface area contributed by atoms with Crippen LogP contribution in [0.5, 0.6) is 0 Å². The summed E-state index contributed by atoms with van der Waals surface area (Å²) in [6.45, 7) is 1.74. The van der Waals surface area contributed by atoms with Crippen molar-refractivity contribution in [1.29, 1.82) is 0 Å². The lowest BCUT2D eigenvalue weighted by molar-refractivity contribution is 0.199. The molecule has 0 heterocycles. The SMILES string of the molecule is C[C@@]1(CO)C[C@H]1F. The fraction of sp³-hybridized carbons (Fsp3) is 1.00. The van der Waals surface area contributed by atoms with Gasteiger partial charge in [0.1, 0.15) is 6.17 Å². The molecule has 1 fully saturated rings. The number of aliphatic hydroxyl groups excluding tert-OH is 1. The maximum atomic E-state index is 12.0. The highest BCUT2D eigenvalue weighted by atomic mass is 19.1. The van der Waals surface area contributed by atoms with E-state index in [2.05, 4.69) is 0 Å². The van der Waals surface area contributed by atoms with Crippen molar-refractivity contribution >= 4 is 0 Å². The summed E-state index contributed by atoms with van der Waals surface area (Å²) >= 11 is 0. The molecule has 0 unspecified atom stereocenters. The molecule has 0 spiro atoms. The van der Waals surface area contributed by atoms with Crippen molar-refractivity contribution in [3.8, 4) is 0 Å². The second-order valence-electron chi connectivity index (χ2n) is 2.48. The van der Waals surface area contributed by atoms with Gasteiger partial charge in [-0.05, 0) is 6.42 Å². The molecule has 0 bridgehead atoms. The summed E-state index contributed by atoms with van der Waals surface area (Å²) in [7, 11) is 0. The van der Waals surface area contributed by atoms with E-state index in [-0.39, 0.29) is 12.0 Å². The van der Waals surface area contributed by atoms with Gasteiger partial charge in [-0.3, -0.25) is 0 Å². The van der Waals surface area contributed by atoms with E-state index in [1.807, 2.05) is 0 Å². The summed E-state index contributed by atoms with van der Waals surface area (Å²) in [6, 6.07) is 0. The van der Waals surface area contributed by atoms with Crippen LogP contribution in [0.3, 0.4) is 0 Å². The van der Waals surface area contributed by atoms with Gasteiger partial charge < -0.3 is 5.11 Å². The van der Waals surface area contributed by atoms with Crippen LogP contribution in [0.25, 0.3) is 0 Å². The predicted octanol–water partition coefficient (Wildman–Crippen LogP) is 0.727. The van der Waals surface area contributed by atoms with Crippen LogP contribution in [0.1, 0.15) is 13.3 Å². The normalized spacial score (nSPS) is 49.3. The van der Waals surface area contributed by atoms with Crippen molar-refractivity contribution in [2.45, 2.75) is 19.5 Å². The Kier molecular flexibility index (Phi) is 0.854. The number of alkyl halides is 1. The van der Waals surface area contributed by atoms with Crippen LogP contribution >= 0.6 is 0 Å². The molecule has 1 rings (SSSR count). The minimum absolute atomic E-state index is 0.00579. The van der Waals surface area contributed by atoms with Gasteiger partial charge in [0.2, 0.25) is 0 Å². The third-order valence-corrected chi connectivity index (χ3v) is 1.60. The highest BCUT2D eigenvalue weighted by Crippen LogP contribution is 2.47. The molecule has 0 aromatic heterocycles. The van der Waals surface area contributed by atoms with Gasteiger partial charge in [-0.25, -0.2) is 4.39 Å². The summed E-state index contributed by atoms with van der Waals surface area (Å²) in [5.41, 5.74) is -0.361. The van der Waals surface area contributed by atoms with Gasteiger partial charge in [0.05, 0.1) is 6.61 Å². The molecule has 0 aromatic rings. The summed E-state index contributed by atoms with van der Waals surface area (Å²) in [4.78, 5) is 0. The van der Waals surface area contributed by atoms with Crippen molar-refractivity contribution in [2.24, 2.45) is 5.41 Å². The number of hydrogen-bond acceptors (Lipinski definition) is 1. The van der Waals surface area contributed by atoms with Crippen molar-refractivity contribution in [3.63, 3.8) is 0 Å². The summed E-state index contributed by atoms with van der Waals surface area (Å²) in [5.74, 6) is 0. The molecule has 1 aliphatic carbocycles. The predicted molar refractivity (Wildman–Crippen MR) is 24.7 cm³/mol. The van der Waals surface area contributed by atoms with E-state index in [9.17, 15) is 4.39 Å². The second-order valence-corrected chi connectivity index (χ2v) is 2.48. The number of aliphatic hydroxyl groups is 1. The van der Waals surface area contributed by atoms with Gasteiger partial charge in [0, 0.05) is 5.41 Å². The van der Waals surface area contributed by atoms with Gasteiger partial charge in [0.25, 0.3) is 0 Å². The van der Waals surface area contributed by atoms with Crippen LogP contribution in [0.4, 0.5) is 4.39 Å². The lowest BCUT2D eigenvalue weighted by Gasteiger charge is -1.97. The third-order valence-electron chi connectivity index (χ3n) is 1.60. The first-order valence-corrected chi connectivity index (χ1v) is 2.44. The lowest BCUT2D eigenvalue weighted by atomic mass is 10.2. The molecule has 1 N–H and O–H groups in total. The van der Waals surface area contributed by atoms with Crippen molar-refractivity contribution in [1.82, 2.24) is 0 Å². The molecule has 1 nitrogen and oxygen atoms in total. The van der Waals surface area contributed by atoms with Crippen LogP contribution < -0.4 is 0 Å². The second kappa shape index (κ2) is 1.19. The number of halogens is 1. The standard InChI is InChI=1S/C5H9FO/c1-5(3-7)2-4(5)6/h4,7H,2-3H2,1H3/t4-,5+/m1/s1. The molecule has 0 aliphatic heterocycles. The van der Waals surface area contributed by atoms with Gasteiger partial charge in [0.15, 0.2) is 0 Å². The average molecular weight is 104 g/mol. The summed E-state index contributed by atoms with van der Waals surface area (Å²) < 4.78 is 12.0. The monoisotopic (exact) mass is 104 g/mol. The van der Waals surface area contributed by atoms with Crippen molar-refractivity contribution < 1.29 is 9.50 Å². The minimum Gasteiger partial charge on any atom is -0.396 e. The number of rotatable bonds is 1. The molecule has 1 saturated carbocycles. The molecular weight excluding hydrogens is 95.1 g/mol. The van der Waals surface area contributed by atoms with E-state index in [0.717, 1.165) is 0 Å². The quantitative estimate of drug-likeness (QED) is 0.520. The van der Waals surface area contributed by atoms with Crippen LogP contribution in [0.15, 0.2) is 0 Å². The van der Waals surface area contributed by atoms with E-state index in [1.165, 1.54) is 0 Å². The van der Waals surface area contributed by atoms with E-state index in [0.29, 0.717) is 6.42 Å². The zero-order valence-corrected chi connectivity index (χ0v) is 4.32. The van der Waals surface area contributed by atoms with Crippen molar-refractivity contribution in [2.75, 3.05) is 6.61 Å². The molecule has 0 aromatic carbocycles. The van der Waals surface area contributed by atoms with Gasteiger partial charge >= 0.3 is 0 Å². The zero-order chi connectivity index (χ0) is 5.49. The van der Waals surface area contributed by atoms with E-state index >= 15 is 0 Å².